The third kappa shape index (κ3) is 6.50. The number of rotatable bonds is 7. The van der Waals surface area contributed by atoms with Crippen molar-refractivity contribution in [3.63, 3.8) is 0 Å². The van der Waals surface area contributed by atoms with Gasteiger partial charge in [0, 0.05) is 19.1 Å². The van der Waals surface area contributed by atoms with E-state index in [0.29, 0.717) is 12.6 Å². The zero-order valence-electron chi connectivity index (χ0n) is 14.8. The molecular formula is C17H26ClFN2O4S. The summed E-state index contributed by atoms with van der Waals surface area (Å²) in [5.41, 5.74) is -0.313. The zero-order chi connectivity index (χ0) is 18.3. The molecule has 1 aliphatic rings. The highest BCUT2D eigenvalue weighted by molar-refractivity contribution is 7.89. The summed E-state index contributed by atoms with van der Waals surface area (Å²) in [6.45, 7) is 0.690. The molecular weight excluding hydrogens is 383 g/mol. The molecule has 1 aromatic carbocycles. The van der Waals surface area contributed by atoms with Crippen molar-refractivity contribution < 1.29 is 22.3 Å². The highest BCUT2D eigenvalue weighted by atomic mass is 35.5. The Labute approximate surface area is 160 Å². The molecule has 0 aromatic heterocycles. The number of methoxy groups -OCH3 is 1. The summed E-state index contributed by atoms with van der Waals surface area (Å²) in [4.78, 5) is 11.4. The van der Waals surface area contributed by atoms with Gasteiger partial charge in [-0.15, -0.1) is 12.4 Å². The van der Waals surface area contributed by atoms with Gasteiger partial charge in [0.15, 0.2) is 0 Å². The third-order valence-corrected chi connectivity index (χ3v) is 5.86. The number of halogens is 2. The molecule has 0 unspecified atom stereocenters. The van der Waals surface area contributed by atoms with Crippen LogP contribution in [0, 0.1) is 5.82 Å². The fraction of sp³-hybridized carbons (Fsp3) is 0.588. The zero-order valence-corrected chi connectivity index (χ0v) is 16.4. The van der Waals surface area contributed by atoms with Crippen molar-refractivity contribution in [3.05, 3.63) is 29.6 Å². The number of esters is 1. The van der Waals surface area contributed by atoms with Gasteiger partial charge in [-0.1, -0.05) is 25.7 Å². The second-order valence-electron chi connectivity index (χ2n) is 6.17. The van der Waals surface area contributed by atoms with Crippen LogP contribution in [0.3, 0.4) is 0 Å². The van der Waals surface area contributed by atoms with Gasteiger partial charge in [0.05, 0.1) is 17.6 Å². The summed E-state index contributed by atoms with van der Waals surface area (Å²) >= 11 is 0. The molecule has 9 heteroatoms. The Hall–Kier alpha value is -1.22. The first-order valence-electron chi connectivity index (χ1n) is 8.55. The van der Waals surface area contributed by atoms with E-state index in [9.17, 15) is 17.6 Å². The molecule has 0 atom stereocenters. The number of sulfonamides is 1. The number of carbonyl (C=O) groups excluding carboxylic acids is 1. The van der Waals surface area contributed by atoms with Crippen molar-refractivity contribution in [2.75, 3.05) is 20.2 Å². The van der Waals surface area contributed by atoms with Crippen LogP contribution in [-0.2, 0) is 14.8 Å². The SMILES string of the molecule is COC(=O)c1cc(F)ccc1S(=O)(=O)NCCNC1CCCCCC1.Cl. The molecule has 1 aliphatic carbocycles. The van der Waals surface area contributed by atoms with Gasteiger partial charge in [-0.25, -0.2) is 22.3 Å². The molecule has 0 amide bonds. The van der Waals surface area contributed by atoms with Crippen molar-refractivity contribution in [1.82, 2.24) is 10.0 Å². The smallest absolute Gasteiger partial charge is 0.339 e. The molecule has 1 aromatic rings. The maximum absolute atomic E-state index is 13.3. The molecule has 1 saturated carbocycles. The van der Waals surface area contributed by atoms with Crippen LogP contribution in [0.15, 0.2) is 23.1 Å². The first-order valence-corrected chi connectivity index (χ1v) is 10.0. The number of hydrogen-bond donors (Lipinski definition) is 2. The second-order valence-corrected chi connectivity index (χ2v) is 7.91. The van der Waals surface area contributed by atoms with Gasteiger partial charge in [0.1, 0.15) is 5.82 Å². The van der Waals surface area contributed by atoms with Crippen LogP contribution in [0.25, 0.3) is 0 Å². The Morgan fingerprint density at radius 2 is 1.85 bits per heavy atom. The average molecular weight is 409 g/mol. The van der Waals surface area contributed by atoms with E-state index in [0.717, 1.165) is 38.2 Å². The van der Waals surface area contributed by atoms with E-state index in [1.165, 1.54) is 25.7 Å². The lowest BCUT2D eigenvalue weighted by molar-refractivity contribution is 0.0595. The highest BCUT2D eigenvalue weighted by Gasteiger charge is 2.23. The highest BCUT2D eigenvalue weighted by Crippen LogP contribution is 2.18. The van der Waals surface area contributed by atoms with E-state index in [1.807, 2.05) is 0 Å². The molecule has 0 radical (unpaired) electrons. The minimum atomic E-state index is -3.93. The van der Waals surface area contributed by atoms with Gasteiger partial charge in [0.25, 0.3) is 0 Å². The van der Waals surface area contributed by atoms with Crippen molar-refractivity contribution >= 4 is 28.4 Å². The van der Waals surface area contributed by atoms with Crippen LogP contribution in [0.4, 0.5) is 4.39 Å². The number of hydrogen-bond acceptors (Lipinski definition) is 5. The lowest BCUT2D eigenvalue weighted by Gasteiger charge is -2.16. The largest absolute Gasteiger partial charge is 0.465 e. The number of carbonyl (C=O) groups is 1. The number of benzene rings is 1. The Morgan fingerprint density at radius 3 is 2.46 bits per heavy atom. The molecule has 0 heterocycles. The lowest BCUT2D eigenvalue weighted by atomic mass is 10.1. The number of nitrogens with one attached hydrogen (secondary N) is 2. The van der Waals surface area contributed by atoms with Crippen LogP contribution in [0.2, 0.25) is 0 Å². The topological polar surface area (TPSA) is 84.5 Å². The van der Waals surface area contributed by atoms with Crippen LogP contribution >= 0.6 is 12.4 Å². The van der Waals surface area contributed by atoms with Gasteiger partial charge >= 0.3 is 5.97 Å². The van der Waals surface area contributed by atoms with Gasteiger partial charge in [0.2, 0.25) is 10.0 Å². The summed E-state index contributed by atoms with van der Waals surface area (Å²) in [5, 5.41) is 3.36. The van der Waals surface area contributed by atoms with Crippen LogP contribution in [0.1, 0.15) is 48.9 Å². The molecule has 0 bridgehead atoms. The molecule has 2 rings (SSSR count). The first kappa shape index (κ1) is 22.8. The Kier molecular flexibility index (Phi) is 9.49. The van der Waals surface area contributed by atoms with Crippen molar-refractivity contribution in [2.45, 2.75) is 49.5 Å². The van der Waals surface area contributed by atoms with E-state index in [2.05, 4.69) is 14.8 Å². The second kappa shape index (κ2) is 10.8. The normalized spacial score (nSPS) is 15.8. The molecule has 1 fully saturated rings. The van der Waals surface area contributed by atoms with Crippen molar-refractivity contribution in [1.29, 1.82) is 0 Å². The third-order valence-electron chi connectivity index (χ3n) is 4.34. The quantitative estimate of drug-likeness (QED) is 0.411. The van der Waals surface area contributed by atoms with Gasteiger partial charge < -0.3 is 10.1 Å². The van der Waals surface area contributed by atoms with Crippen LogP contribution in [-0.4, -0.2) is 40.6 Å². The maximum atomic E-state index is 13.3. The minimum Gasteiger partial charge on any atom is -0.465 e. The fourth-order valence-corrected chi connectivity index (χ4v) is 4.23. The predicted octanol–water partition coefficient (Wildman–Crippen LogP) is 2.62. The monoisotopic (exact) mass is 408 g/mol. The fourth-order valence-electron chi connectivity index (χ4n) is 3.03. The van der Waals surface area contributed by atoms with Gasteiger partial charge in [-0.05, 0) is 31.0 Å². The van der Waals surface area contributed by atoms with E-state index < -0.39 is 21.8 Å². The average Bonchev–Trinajstić information content (AvgIpc) is 2.86. The van der Waals surface area contributed by atoms with Crippen LogP contribution in [0.5, 0.6) is 0 Å². The summed E-state index contributed by atoms with van der Waals surface area (Å²) < 4.78 is 45.2. The minimum absolute atomic E-state index is 0. The maximum Gasteiger partial charge on any atom is 0.339 e. The van der Waals surface area contributed by atoms with Crippen molar-refractivity contribution in [3.8, 4) is 0 Å². The Balaban J connectivity index is 0.00000338. The molecule has 26 heavy (non-hydrogen) atoms. The molecule has 0 spiro atoms. The summed E-state index contributed by atoms with van der Waals surface area (Å²) in [6, 6.07) is 3.36. The van der Waals surface area contributed by atoms with E-state index in [1.54, 1.807) is 0 Å². The molecule has 148 valence electrons. The van der Waals surface area contributed by atoms with Crippen LogP contribution < -0.4 is 10.0 Å². The van der Waals surface area contributed by atoms with E-state index in [4.69, 9.17) is 0 Å². The summed E-state index contributed by atoms with van der Waals surface area (Å²) in [7, 11) is -2.81. The summed E-state index contributed by atoms with van der Waals surface area (Å²) in [6.07, 6.45) is 7.12. The Morgan fingerprint density at radius 1 is 1.19 bits per heavy atom. The molecule has 0 aliphatic heterocycles. The Bertz CT molecular complexity index is 692. The van der Waals surface area contributed by atoms with E-state index in [-0.39, 0.29) is 29.4 Å². The standard InChI is InChI=1S/C17H25FN2O4S.ClH/c1-24-17(21)15-12-13(18)8-9-16(15)25(22,23)20-11-10-19-14-6-4-2-3-5-7-14;/h8-9,12,14,19-20H,2-7,10-11H2,1H3;1H. The first-order chi connectivity index (χ1) is 11.9. The number of ether oxygens (including phenoxy) is 1. The molecule has 2 N–H and O–H groups in total. The molecule has 0 saturated heterocycles. The summed E-state index contributed by atoms with van der Waals surface area (Å²) in [5.74, 6) is -1.59. The van der Waals surface area contributed by atoms with Gasteiger partial charge in [-0.2, -0.15) is 0 Å². The molecule has 6 nitrogen and oxygen atoms in total. The van der Waals surface area contributed by atoms with Crippen molar-refractivity contribution in [2.24, 2.45) is 0 Å². The lowest BCUT2D eigenvalue weighted by Crippen LogP contribution is -2.37. The van der Waals surface area contributed by atoms with Gasteiger partial charge in [-0.3, -0.25) is 0 Å². The van der Waals surface area contributed by atoms with E-state index >= 15 is 0 Å². The predicted molar refractivity (Wildman–Crippen MR) is 99.7 cm³/mol.